The summed E-state index contributed by atoms with van der Waals surface area (Å²) in [5, 5.41) is 7.07. The Kier molecular flexibility index (Phi) is 8.12. The zero-order chi connectivity index (χ0) is 24.7. The fraction of sp³-hybridized carbons (Fsp3) is 0.280. The summed E-state index contributed by atoms with van der Waals surface area (Å²) in [5.41, 5.74) is 3.04. The summed E-state index contributed by atoms with van der Waals surface area (Å²) in [4.78, 5) is 19.1. The lowest BCUT2D eigenvalue weighted by molar-refractivity contribution is -0.274. The molecule has 9 heteroatoms. The van der Waals surface area contributed by atoms with Crippen molar-refractivity contribution in [1.29, 1.82) is 0 Å². The van der Waals surface area contributed by atoms with Crippen molar-refractivity contribution in [2.45, 2.75) is 19.7 Å². The van der Waals surface area contributed by atoms with E-state index in [0.717, 1.165) is 41.8 Å². The molecule has 6 nitrogen and oxygen atoms in total. The first-order chi connectivity index (χ1) is 16.1. The molecule has 0 aliphatic carbocycles. The molecule has 0 saturated heterocycles. The van der Waals surface area contributed by atoms with Crippen molar-refractivity contribution < 1.29 is 22.7 Å². The number of hydrogen-bond donors (Lipinski definition) is 2. The van der Waals surface area contributed by atoms with Crippen LogP contribution in [0.4, 0.5) is 24.7 Å². The maximum Gasteiger partial charge on any atom is 0.573 e. The molecule has 1 heterocycles. The van der Waals surface area contributed by atoms with Crippen LogP contribution in [0.1, 0.15) is 17.5 Å². The molecule has 0 aliphatic rings. The van der Waals surface area contributed by atoms with Crippen LogP contribution in [-0.2, 0) is 4.79 Å². The Hall–Kier alpha value is -3.59. The van der Waals surface area contributed by atoms with Gasteiger partial charge in [-0.05, 0) is 87.6 Å². The highest BCUT2D eigenvalue weighted by Crippen LogP contribution is 2.25. The molecule has 0 atom stereocenters. The minimum Gasteiger partial charge on any atom is -0.406 e. The van der Waals surface area contributed by atoms with Gasteiger partial charge < -0.3 is 20.3 Å². The van der Waals surface area contributed by atoms with Crippen LogP contribution in [0.15, 0.2) is 54.6 Å². The lowest BCUT2D eigenvalue weighted by Gasteiger charge is -2.12. The number of carbonyl (C=O) groups is 1. The molecule has 180 valence electrons. The average molecular weight is 473 g/mol. The first-order valence-corrected chi connectivity index (χ1v) is 10.7. The quantitative estimate of drug-likeness (QED) is 0.320. The van der Waals surface area contributed by atoms with Gasteiger partial charge in [-0.15, -0.1) is 13.2 Å². The van der Waals surface area contributed by atoms with Crippen LogP contribution < -0.4 is 15.4 Å². The van der Waals surface area contributed by atoms with Gasteiger partial charge in [0.1, 0.15) is 11.6 Å². The van der Waals surface area contributed by atoms with Crippen LogP contribution in [0.5, 0.6) is 5.75 Å². The molecule has 0 aliphatic heterocycles. The van der Waals surface area contributed by atoms with E-state index in [1.54, 1.807) is 6.07 Å². The highest BCUT2D eigenvalue weighted by molar-refractivity contribution is 6.03. The van der Waals surface area contributed by atoms with Gasteiger partial charge in [0.15, 0.2) is 0 Å². The standard InChI is InChI=1S/C25H27F3N4O2/c1-17-15-23(29-13-4-14-32(2)3)31-22-11-8-19(16-21(17)22)30-24(33)12-7-18-5-9-20(10-6-18)34-25(26,27)28/h5-12,15-16H,4,13-14H2,1-3H3,(H,29,31)(H,30,33). The third-order valence-corrected chi connectivity index (χ3v) is 4.91. The summed E-state index contributed by atoms with van der Waals surface area (Å²) in [6.07, 6.45) is -0.908. The number of benzene rings is 2. The van der Waals surface area contributed by atoms with Crippen molar-refractivity contribution in [3.8, 4) is 5.75 Å². The molecule has 0 spiro atoms. The molecule has 2 aromatic carbocycles. The maximum atomic E-state index is 12.3. The third-order valence-electron chi connectivity index (χ3n) is 4.91. The number of nitrogens with zero attached hydrogens (tertiary/aromatic N) is 2. The molecule has 1 aromatic heterocycles. The van der Waals surface area contributed by atoms with Crippen LogP contribution in [0, 0.1) is 6.92 Å². The SMILES string of the molecule is Cc1cc(NCCCN(C)C)nc2ccc(NC(=O)C=Cc3ccc(OC(F)(F)F)cc3)cc12. The number of halogens is 3. The second kappa shape index (κ2) is 11.0. The van der Waals surface area contributed by atoms with E-state index in [1.807, 2.05) is 39.2 Å². The Bertz CT molecular complexity index is 1160. The third kappa shape index (κ3) is 7.77. The van der Waals surface area contributed by atoms with Crippen molar-refractivity contribution in [2.24, 2.45) is 0 Å². The molecular weight excluding hydrogens is 445 g/mol. The topological polar surface area (TPSA) is 66.5 Å². The largest absolute Gasteiger partial charge is 0.573 e. The molecule has 0 unspecified atom stereocenters. The average Bonchev–Trinajstić information content (AvgIpc) is 2.75. The summed E-state index contributed by atoms with van der Waals surface area (Å²) < 4.78 is 40.5. The molecule has 34 heavy (non-hydrogen) atoms. The molecule has 2 N–H and O–H groups in total. The molecule has 3 rings (SSSR count). The van der Waals surface area contributed by atoms with Crippen molar-refractivity contribution in [3.05, 3.63) is 65.7 Å². The first kappa shape index (κ1) is 25.0. The van der Waals surface area contributed by atoms with Gasteiger partial charge in [0, 0.05) is 23.7 Å². The van der Waals surface area contributed by atoms with Crippen molar-refractivity contribution >= 4 is 34.4 Å². The minimum atomic E-state index is -4.74. The number of pyridine rings is 1. The Morgan fingerprint density at radius 3 is 2.53 bits per heavy atom. The number of aryl methyl sites for hydroxylation is 1. The maximum absolute atomic E-state index is 12.3. The second-order valence-corrected chi connectivity index (χ2v) is 8.08. The number of fused-ring (bicyclic) bond motifs is 1. The minimum absolute atomic E-state index is 0.318. The second-order valence-electron chi connectivity index (χ2n) is 8.08. The van der Waals surface area contributed by atoms with E-state index in [4.69, 9.17) is 0 Å². The lowest BCUT2D eigenvalue weighted by atomic mass is 10.1. The number of hydrogen-bond acceptors (Lipinski definition) is 5. The smallest absolute Gasteiger partial charge is 0.406 e. The van der Waals surface area contributed by atoms with Crippen LogP contribution in [0.2, 0.25) is 0 Å². The highest BCUT2D eigenvalue weighted by atomic mass is 19.4. The molecule has 0 saturated carbocycles. The fourth-order valence-corrected chi connectivity index (χ4v) is 3.31. The Morgan fingerprint density at radius 2 is 1.85 bits per heavy atom. The van der Waals surface area contributed by atoms with E-state index in [-0.39, 0.29) is 11.7 Å². The Morgan fingerprint density at radius 1 is 1.12 bits per heavy atom. The van der Waals surface area contributed by atoms with Gasteiger partial charge in [-0.25, -0.2) is 4.98 Å². The molecule has 0 radical (unpaired) electrons. The molecule has 0 fully saturated rings. The fourth-order valence-electron chi connectivity index (χ4n) is 3.31. The number of amides is 1. The number of alkyl halides is 3. The highest BCUT2D eigenvalue weighted by Gasteiger charge is 2.30. The number of aromatic nitrogens is 1. The van der Waals surface area contributed by atoms with Gasteiger partial charge in [-0.2, -0.15) is 0 Å². The lowest BCUT2D eigenvalue weighted by Crippen LogP contribution is -2.16. The van der Waals surface area contributed by atoms with E-state index >= 15 is 0 Å². The zero-order valence-electron chi connectivity index (χ0n) is 19.2. The summed E-state index contributed by atoms with van der Waals surface area (Å²) in [6.45, 7) is 3.82. The van der Waals surface area contributed by atoms with Crippen LogP contribution in [0.3, 0.4) is 0 Å². The number of anilines is 2. The number of rotatable bonds is 9. The van der Waals surface area contributed by atoms with Gasteiger partial charge in [0.25, 0.3) is 0 Å². The van der Waals surface area contributed by atoms with Gasteiger partial charge in [0.2, 0.25) is 5.91 Å². The normalized spacial score (nSPS) is 11.9. The van der Waals surface area contributed by atoms with E-state index in [2.05, 4.69) is 25.3 Å². The first-order valence-electron chi connectivity index (χ1n) is 10.7. The van der Waals surface area contributed by atoms with Crippen LogP contribution in [0.25, 0.3) is 17.0 Å². The van der Waals surface area contributed by atoms with Crippen LogP contribution in [-0.4, -0.2) is 49.3 Å². The molecule has 0 bridgehead atoms. The predicted molar refractivity (Wildman–Crippen MR) is 129 cm³/mol. The summed E-state index contributed by atoms with van der Waals surface area (Å²) in [6, 6.07) is 12.7. The molecule has 1 amide bonds. The monoisotopic (exact) mass is 472 g/mol. The van der Waals surface area contributed by atoms with Crippen molar-refractivity contribution in [1.82, 2.24) is 9.88 Å². The summed E-state index contributed by atoms with van der Waals surface area (Å²) in [5.74, 6) is 0.135. The van der Waals surface area contributed by atoms with E-state index in [9.17, 15) is 18.0 Å². The van der Waals surface area contributed by atoms with Gasteiger partial charge in [-0.1, -0.05) is 12.1 Å². The van der Waals surface area contributed by atoms with Gasteiger partial charge in [0.05, 0.1) is 5.52 Å². The van der Waals surface area contributed by atoms with Crippen molar-refractivity contribution in [3.63, 3.8) is 0 Å². The van der Waals surface area contributed by atoms with E-state index in [0.29, 0.717) is 11.3 Å². The summed E-state index contributed by atoms with van der Waals surface area (Å²) in [7, 11) is 4.08. The van der Waals surface area contributed by atoms with Gasteiger partial charge in [-0.3, -0.25) is 4.79 Å². The Labute approximate surface area is 196 Å². The number of nitrogens with one attached hydrogen (secondary N) is 2. The zero-order valence-corrected chi connectivity index (χ0v) is 19.2. The molecule has 3 aromatic rings. The van der Waals surface area contributed by atoms with Gasteiger partial charge >= 0.3 is 6.36 Å². The van der Waals surface area contributed by atoms with Crippen molar-refractivity contribution in [2.75, 3.05) is 37.8 Å². The van der Waals surface area contributed by atoms with E-state index < -0.39 is 6.36 Å². The number of ether oxygens (including phenoxy) is 1. The molecular formula is C25H27F3N4O2. The number of carbonyl (C=O) groups excluding carboxylic acids is 1. The predicted octanol–water partition coefficient (Wildman–Crippen LogP) is 5.46. The Balaban J connectivity index is 1.61. The summed E-state index contributed by atoms with van der Waals surface area (Å²) >= 11 is 0. The van der Waals surface area contributed by atoms with Crippen LogP contribution >= 0.6 is 0 Å². The van der Waals surface area contributed by atoms with E-state index in [1.165, 1.54) is 36.4 Å².